The Labute approximate surface area is 149 Å². The lowest BCUT2D eigenvalue weighted by Gasteiger charge is -2.28. The van der Waals surface area contributed by atoms with Crippen LogP contribution in [-0.4, -0.2) is 33.0 Å². The van der Waals surface area contributed by atoms with E-state index in [0.717, 1.165) is 11.4 Å². The highest BCUT2D eigenvalue weighted by atomic mass is 16.2. The van der Waals surface area contributed by atoms with Crippen LogP contribution in [0, 0.1) is 5.41 Å². The molecule has 0 bridgehead atoms. The number of carbonyl (C=O) groups is 2. The van der Waals surface area contributed by atoms with Crippen LogP contribution in [0.5, 0.6) is 0 Å². The molecule has 2 aromatic carbocycles. The van der Waals surface area contributed by atoms with Crippen LogP contribution in [0.25, 0.3) is 0 Å². The van der Waals surface area contributed by atoms with Crippen LogP contribution in [0.2, 0.25) is 0 Å². The first-order valence-electron chi connectivity index (χ1n) is 8.15. The first-order chi connectivity index (χ1) is 11.7. The first-order valence-corrected chi connectivity index (χ1v) is 8.15. The van der Waals surface area contributed by atoms with E-state index in [4.69, 9.17) is 0 Å². The van der Waals surface area contributed by atoms with Gasteiger partial charge in [0.15, 0.2) is 0 Å². The van der Waals surface area contributed by atoms with Gasteiger partial charge >= 0.3 is 0 Å². The lowest BCUT2D eigenvalue weighted by atomic mass is 9.90. The van der Waals surface area contributed by atoms with Gasteiger partial charge in [-0.1, -0.05) is 18.2 Å². The van der Waals surface area contributed by atoms with Crippen LogP contribution < -0.4 is 15.1 Å². The highest BCUT2D eigenvalue weighted by molar-refractivity contribution is 6.14. The van der Waals surface area contributed by atoms with Crippen LogP contribution in [0.4, 0.5) is 17.1 Å². The monoisotopic (exact) mass is 339 g/mol. The summed E-state index contributed by atoms with van der Waals surface area (Å²) >= 11 is 0. The van der Waals surface area contributed by atoms with Gasteiger partial charge < -0.3 is 15.1 Å². The van der Waals surface area contributed by atoms with E-state index in [-0.39, 0.29) is 11.8 Å². The topological polar surface area (TPSA) is 52.7 Å². The van der Waals surface area contributed by atoms with E-state index in [9.17, 15) is 9.59 Å². The molecule has 0 unspecified atom stereocenters. The fourth-order valence-corrected chi connectivity index (χ4v) is 2.42. The second-order valence-corrected chi connectivity index (χ2v) is 6.72. The largest absolute Gasteiger partial charge is 0.378 e. The van der Waals surface area contributed by atoms with Gasteiger partial charge in [0.05, 0.1) is 0 Å². The normalized spacial score (nSPS) is 10.9. The number of nitrogens with one attached hydrogen (secondary N) is 1. The summed E-state index contributed by atoms with van der Waals surface area (Å²) in [6.07, 6.45) is 0. The van der Waals surface area contributed by atoms with E-state index in [1.54, 1.807) is 20.9 Å². The van der Waals surface area contributed by atoms with Crippen molar-refractivity contribution >= 4 is 28.9 Å². The van der Waals surface area contributed by atoms with Gasteiger partial charge in [-0.25, -0.2) is 0 Å². The number of nitrogens with zero attached hydrogens (tertiary/aromatic N) is 2. The smallest absolute Gasteiger partial charge is 0.241 e. The molecular formula is C20H25N3O2. The predicted molar refractivity (Wildman–Crippen MR) is 103 cm³/mol. The van der Waals surface area contributed by atoms with Gasteiger partial charge in [-0.3, -0.25) is 9.59 Å². The van der Waals surface area contributed by atoms with Crippen LogP contribution >= 0.6 is 0 Å². The summed E-state index contributed by atoms with van der Waals surface area (Å²) in [5, 5.41) is 2.83. The molecule has 0 spiro atoms. The number of amides is 2. The molecule has 0 heterocycles. The van der Waals surface area contributed by atoms with Crippen molar-refractivity contribution in [2.45, 2.75) is 13.8 Å². The third kappa shape index (κ3) is 4.18. The second-order valence-electron chi connectivity index (χ2n) is 6.72. The van der Waals surface area contributed by atoms with Crippen molar-refractivity contribution < 1.29 is 9.59 Å². The molecule has 0 saturated carbocycles. The van der Waals surface area contributed by atoms with Gasteiger partial charge in [-0.2, -0.15) is 0 Å². The zero-order valence-electron chi connectivity index (χ0n) is 15.4. The molecule has 5 heteroatoms. The number of para-hydroxylation sites is 1. The Morgan fingerprint density at radius 1 is 0.840 bits per heavy atom. The Bertz CT molecular complexity index is 737. The quantitative estimate of drug-likeness (QED) is 0.850. The number of hydrogen-bond donors (Lipinski definition) is 1. The van der Waals surface area contributed by atoms with Gasteiger partial charge in [0.2, 0.25) is 11.8 Å². The Kier molecular flexibility index (Phi) is 5.47. The number of rotatable bonds is 5. The molecule has 25 heavy (non-hydrogen) atoms. The van der Waals surface area contributed by atoms with E-state index in [1.807, 2.05) is 73.6 Å². The molecule has 0 fully saturated rings. The van der Waals surface area contributed by atoms with Crippen LogP contribution in [0.1, 0.15) is 13.8 Å². The van der Waals surface area contributed by atoms with Crippen LogP contribution in [0.3, 0.4) is 0 Å². The van der Waals surface area contributed by atoms with E-state index in [1.165, 1.54) is 4.90 Å². The Morgan fingerprint density at radius 3 is 1.92 bits per heavy atom. The molecule has 2 aromatic rings. The van der Waals surface area contributed by atoms with Crippen molar-refractivity contribution in [3.05, 3.63) is 54.6 Å². The molecule has 5 nitrogen and oxygen atoms in total. The van der Waals surface area contributed by atoms with E-state index < -0.39 is 5.41 Å². The van der Waals surface area contributed by atoms with Crippen molar-refractivity contribution in [2.24, 2.45) is 5.41 Å². The van der Waals surface area contributed by atoms with E-state index >= 15 is 0 Å². The molecule has 0 saturated heterocycles. The molecule has 0 aromatic heterocycles. The Hall–Kier alpha value is -2.82. The fourth-order valence-electron chi connectivity index (χ4n) is 2.42. The maximum atomic E-state index is 12.8. The molecule has 2 rings (SSSR count). The fraction of sp³-hybridized carbons (Fsp3) is 0.300. The number of anilines is 3. The summed E-state index contributed by atoms with van der Waals surface area (Å²) in [5.74, 6) is -0.598. The number of hydrogen-bond acceptors (Lipinski definition) is 3. The van der Waals surface area contributed by atoms with Gasteiger partial charge in [0.25, 0.3) is 0 Å². The highest BCUT2D eigenvalue weighted by Crippen LogP contribution is 2.25. The molecule has 0 radical (unpaired) electrons. The predicted octanol–water partition coefficient (Wildman–Crippen LogP) is 3.38. The summed E-state index contributed by atoms with van der Waals surface area (Å²) in [6, 6.07) is 16.8. The lowest BCUT2D eigenvalue weighted by Crippen LogP contribution is -2.46. The lowest BCUT2D eigenvalue weighted by molar-refractivity contribution is -0.136. The summed E-state index contributed by atoms with van der Waals surface area (Å²) in [7, 11) is 5.59. The van der Waals surface area contributed by atoms with Gasteiger partial charge in [-0.15, -0.1) is 0 Å². The molecular weight excluding hydrogens is 314 g/mol. The summed E-state index contributed by atoms with van der Waals surface area (Å²) in [4.78, 5) is 28.9. The molecule has 1 N–H and O–H groups in total. The Morgan fingerprint density at radius 2 is 1.40 bits per heavy atom. The highest BCUT2D eigenvalue weighted by Gasteiger charge is 2.38. The van der Waals surface area contributed by atoms with Crippen LogP contribution in [0.15, 0.2) is 54.6 Å². The summed E-state index contributed by atoms with van der Waals surface area (Å²) in [5.41, 5.74) is 1.27. The van der Waals surface area contributed by atoms with Gasteiger partial charge in [-0.05, 0) is 50.2 Å². The third-order valence-corrected chi connectivity index (χ3v) is 4.19. The average Bonchev–Trinajstić information content (AvgIpc) is 2.61. The minimum absolute atomic E-state index is 0.263. The molecule has 2 amide bonds. The van der Waals surface area contributed by atoms with Crippen molar-refractivity contribution in [3.8, 4) is 0 Å². The van der Waals surface area contributed by atoms with E-state index in [0.29, 0.717) is 5.69 Å². The summed E-state index contributed by atoms with van der Waals surface area (Å²) in [6.45, 7) is 3.27. The zero-order valence-corrected chi connectivity index (χ0v) is 15.4. The molecule has 0 aliphatic carbocycles. The van der Waals surface area contributed by atoms with Crippen molar-refractivity contribution in [3.63, 3.8) is 0 Å². The molecule has 0 aliphatic heterocycles. The van der Waals surface area contributed by atoms with Gasteiger partial charge in [0.1, 0.15) is 5.41 Å². The van der Waals surface area contributed by atoms with Crippen molar-refractivity contribution in [1.82, 2.24) is 0 Å². The standard InChI is InChI=1S/C20H25N3O2/c1-20(2,19(25)23(5)17-9-7-6-8-10-17)18(24)21-15-11-13-16(14-12-15)22(3)4/h6-14H,1-5H3,(H,21,24). The Balaban J connectivity index is 2.12. The van der Waals surface area contributed by atoms with E-state index in [2.05, 4.69) is 5.32 Å². The number of benzene rings is 2. The molecule has 132 valence electrons. The maximum absolute atomic E-state index is 12.8. The van der Waals surface area contributed by atoms with Crippen molar-refractivity contribution in [1.29, 1.82) is 0 Å². The van der Waals surface area contributed by atoms with Crippen LogP contribution in [-0.2, 0) is 9.59 Å². The minimum Gasteiger partial charge on any atom is -0.378 e. The minimum atomic E-state index is -1.19. The van der Waals surface area contributed by atoms with Gasteiger partial charge in [0, 0.05) is 38.2 Å². The first kappa shape index (κ1) is 18.5. The zero-order chi connectivity index (χ0) is 18.6. The summed E-state index contributed by atoms with van der Waals surface area (Å²) < 4.78 is 0. The average molecular weight is 339 g/mol. The van der Waals surface area contributed by atoms with Crippen molar-refractivity contribution in [2.75, 3.05) is 36.3 Å². The third-order valence-electron chi connectivity index (χ3n) is 4.19. The molecule has 0 atom stereocenters. The number of carbonyl (C=O) groups excluding carboxylic acids is 2. The SMILES string of the molecule is CN(C)c1ccc(NC(=O)C(C)(C)C(=O)N(C)c2ccccc2)cc1. The second kappa shape index (κ2) is 7.38. The maximum Gasteiger partial charge on any atom is 0.241 e. The molecule has 0 aliphatic rings.